The molecule has 0 unspecified atom stereocenters. The average molecular weight is 676 g/mol. The first kappa shape index (κ1) is 24.6. The summed E-state index contributed by atoms with van der Waals surface area (Å²) in [7, 11) is 0. The average Bonchev–Trinajstić information content (AvgIpc) is 3.22. The van der Waals surface area contributed by atoms with Crippen LogP contribution in [0.25, 0.3) is 11.0 Å². The highest BCUT2D eigenvalue weighted by molar-refractivity contribution is 14.1. The van der Waals surface area contributed by atoms with Gasteiger partial charge < -0.3 is 21.1 Å². The van der Waals surface area contributed by atoms with Gasteiger partial charge in [0.05, 0.1) is 37.7 Å². The summed E-state index contributed by atoms with van der Waals surface area (Å²) in [6.07, 6.45) is 6.74. The summed E-state index contributed by atoms with van der Waals surface area (Å²) in [5.41, 5.74) is 8.05. The minimum atomic E-state index is -0.427. The SMILES string of the molecule is C#Cc1c(I)cc(C(=O)N[C@@H](CCCN=C(N)CCl)c2nc3ccccc3[nH]2)c(O)c1I. The fraction of sp³-hybridized carbons (Fsp3) is 0.227. The number of aromatic nitrogens is 2. The van der Waals surface area contributed by atoms with Crippen molar-refractivity contribution in [1.82, 2.24) is 15.3 Å². The minimum absolute atomic E-state index is 0.140. The van der Waals surface area contributed by atoms with E-state index >= 15 is 0 Å². The lowest BCUT2D eigenvalue weighted by atomic mass is 10.1. The van der Waals surface area contributed by atoms with E-state index in [1.165, 1.54) is 0 Å². The largest absolute Gasteiger partial charge is 0.506 e. The molecule has 0 bridgehead atoms. The molecule has 0 aliphatic rings. The number of benzene rings is 2. The number of phenolic OH excluding ortho intramolecular Hbond substituents is 1. The lowest BCUT2D eigenvalue weighted by molar-refractivity contribution is 0.0929. The number of aromatic amines is 1. The third kappa shape index (κ3) is 5.65. The number of hydrogen-bond acceptors (Lipinski definition) is 4. The molecule has 7 nitrogen and oxygen atoms in total. The number of nitrogens with one attached hydrogen (secondary N) is 2. The number of aromatic hydroxyl groups is 1. The molecule has 3 rings (SSSR count). The Morgan fingerprint density at radius 2 is 2.16 bits per heavy atom. The fourth-order valence-corrected chi connectivity index (χ4v) is 5.20. The van der Waals surface area contributed by atoms with Gasteiger partial charge in [0.25, 0.3) is 5.91 Å². The molecule has 3 aromatic rings. The van der Waals surface area contributed by atoms with Crippen molar-refractivity contribution in [2.24, 2.45) is 10.7 Å². The quantitative estimate of drug-likeness (QED) is 0.0712. The van der Waals surface area contributed by atoms with Crippen LogP contribution in [0, 0.1) is 19.5 Å². The standard InChI is InChI=1S/C22H20ClI2N5O2/c1-2-12-14(24)10-13(20(31)19(12)25)22(32)30-17(8-5-9-27-18(26)11-23)21-28-15-6-3-4-7-16(15)29-21/h1,3-4,6-7,10,17,31H,5,8-9,11H2,(H2,26,27)(H,28,29)(H,30,32)/t17-/m0/s1. The molecule has 2 aromatic carbocycles. The molecule has 1 heterocycles. The maximum atomic E-state index is 13.1. The first-order chi connectivity index (χ1) is 15.3. The molecule has 0 aliphatic heterocycles. The number of carbonyl (C=O) groups is 1. The van der Waals surface area contributed by atoms with Crippen LogP contribution in [-0.4, -0.2) is 39.2 Å². The Bertz CT molecular complexity index is 1190. The fourth-order valence-electron chi connectivity index (χ4n) is 3.13. The number of halogens is 3. The van der Waals surface area contributed by atoms with Crippen molar-refractivity contribution >= 4 is 79.6 Å². The van der Waals surface area contributed by atoms with E-state index in [4.69, 9.17) is 23.8 Å². The Hall–Kier alpha value is -2.04. The molecule has 0 radical (unpaired) electrons. The van der Waals surface area contributed by atoms with Gasteiger partial charge in [-0.1, -0.05) is 18.1 Å². The lowest BCUT2D eigenvalue weighted by Crippen LogP contribution is -2.30. The van der Waals surface area contributed by atoms with Crippen LogP contribution < -0.4 is 11.1 Å². The Balaban J connectivity index is 1.88. The number of rotatable bonds is 8. The number of H-pyrrole nitrogens is 1. The van der Waals surface area contributed by atoms with Crippen LogP contribution in [-0.2, 0) is 0 Å². The summed E-state index contributed by atoms with van der Waals surface area (Å²) >= 11 is 9.68. The van der Waals surface area contributed by atoms with E-state index in [9.17, 15) is 9.90 Å². The third-order valence-corrected chi connectivity index (χ3v) is 6.90. The van der Waals surface area contributed by atoms with E-state index in [0.29, 0.717) is 43.8 Å². The molecular weight excluding hydrogens is 656 g/mol. The van der Waals surface area contributed by atoms with Gasteiger partial charge in [0.1, 0.15) is 17.4 Å². The summed E-state index contributed by atoms with van der Waals surface area (Å²) in [6, 6.07) is 8.80. The van der Waals surface area contributed by atoms with Crippen LogP contribution in [0.5, 0.6) is 5.75 Å². The van der Waals surface area contributed by atoms with Crippen molar-refractivity contribution in [3.63, 3.8) is 0 Å². The lowest BCUT2D eigenvalue weighted by Gasteiger charge is -2.18. The van der Waals surface area contributed by atoms with Crippen molar-refractivity contribution in [2.75, 3.05) is 12.4 Å². The van der Waals surface area contributed by atoms with Crippen LogP contribution >= 0.6 is 56.8 Å². The van der Waals surface area contributed by atoms with Gasteiger partial charge in [-0.3, -0.25) is 9.79 Å². The molecule has 166 valence electrons. The number of hydrogen-bond donors (Lipinski definition) is 4. The predicted octanol–water partition coefficient (Wildman–Crippen LogP) is 4.31. The van der Waals surface area contributed by atoms with Crippen molar-refractivity contribution in [3.8, 4) is 18.1 Å². The van der Waals surface area contributed by atoms with E-state index in [1.54, 1.807) is 6.07 Å². The van der Waals surface area contributed by atoms with E-state index in [2.05, 4.69) is 48.8 Å². The van der Waals surface area contributed by atoms with E-state index in [1.807, 2.05) is 46.9 Å². The summed E-state index contributed by atoms with van der Waals surface area (Å²) in [6.45, 7) is 0.475. The Kier molecular flexibility index (Phi) is 8.61. The highest BCUT2D eigenvalue weighted by atomic mass is 127. The second kappa shape index (κ2) is 11.2. The number of alkyl halides is 1. The molecule has 10 heteroatoms. The molecule has 0 saturated heterocycles. The van der Waals surface area contributed by atoms with Crippen LogP contribution in [0.4, 0.5) is 0 Å². The number of nitrogens with zero attached hydrogens (tertiary/aromatic N) is 2. The number of imidazole rings is 1. The van der Waals surface area contributed by atoms with Gasteiger partial charge in [0.15, 0.2) is 0 Å². The maximum absolute atomic E-state index is 13.1. The molecule has 1 amide bonds. The summed E-state index contributed by atoms with van der Waals surface area (Å²) in [5, 5.41) is 13.6. The summed E-state index contributed by atoms with van der Waals surface area (Å²) < 4.78 is 1.18. The molecule has 5 N–H and O–H groups in total. The Morgan fingerprint density at radius 1 is 1.41 bits per heavy atom. The van der Waals surface area contributed by atoms with Crippen LogP contribution in [0.2, 0.25) is 0 Å². The van der Waals surface area contributed by atoms with Crippen molar-refractivity contribution in [1.29, 1.82) is 0 Å². The predicted molar refractivity (Wildman–Crippen MR) is 144 cm³/mol. The molecule has 1 aromatic heterocycles. The normalized spacial score (nSPS) is 12.5. The zero-order chi connectivity index (χ0) is 23.3. The maximum Gasteiger partial charge on any atom is 0.255 e. The van der Waals surface area contributed by atoms with Gasteiger partial charge in [0.2, 0.25) is 0 Å². The molecule has 0 spiro atoms. The van der Waals surface area contributed by atoms with Gasteiger partial charge in [-0.15, -0.1) is 18.0 Å². The highest BCUT2D eigenvalue weighted by Crippen LogP contribution is 2.32. The second-order valence-electron chi connectivity index (χ2n) is 6.90. The van der Waals surface area contributed by atoms with E-state index in [-0.39, 0.29) is 17.2 Å². The number of aliphatic imine (C=N–C) groups is 1. The van der Waals surface area contributed by atoms with Gasteiger partial charge in [-0.2, -0.15) is 0 Å². The topological polar surface area (TPSA) is 116 Å². The number of nitrogens with two attached hydrogens (primary N) is 1. The summed E-state index contributed by atoms with van der Waals surface area (Å²) in [5.74, 6) is 3.16. The monoisotopic (exact) mass is 675 g/mol. The van der Waals surface area contributed by atoms with E-state index in [0.717, 1.165) is 11.0 Å². The molecule has 0 saturated carbocycles. The number of carbonyl (C=O) groups excluding carboxylic acids is 1. The smallest absolute Gasteiger partial charge is 0.255 e. The highest BCUT2D eigenvalue weighted by Gasteiger charge is 2.23. The zero-order valence-corrected chi connectivity index (χ0v) is 21.9. The van der Waals surface area contributed by atoms with Gasteiger partial charge in [-0.25, -0.2) is 4.98 Å². The molecule has 0 aliphatic carbocycles. The Morgan fingerprint density at radius 3 is 2.84 bits per heavy atom. The van der Waals surface area contributed by atoms with Crippen LogP contribution in [0.1, 0.15) is 40.6 Å². The van der Waals surface area contributed by atoms with Gasteiger partial charge in [-0.05, 0) is 76.2 Å². The molecule has 32 heavy (non-hydrogen) atoms. The molecule has 0 fully saturated rings. The molecule has 1 atom stereocenters. The molecular formula is C22H20ClI2N5O2. The van der Waals surface area contributed by atoms with Crippen LogP contribution in [0.3, 0.4) is 0 Å². The van der Waals surface area contributed by atoms with Crippen molar-refractivity contribution in [2.45, 2.75) is 18.9 Å². The summed E-state index contributed by atoms with van der Waals surface area (Å²) in [4.78, 5) is 25.2. The number of amidine groups is 1. The van der Waals surface area contributed by atoms with Gasteiger partial charge >= 0.3 is 0 Å². The minimum Gasteiger partial charge on any atom is -0.506 e. The zero-order valence-electron chi connectivity index (χ0n) is 16.8. The number of amides is 1. The van der Waals surface area contributed by atoms with Crippen molar-refractivity contribution in [3.05, 3.63) is 54.4 Å². The first-order valence-corrected chi connectivity index (χ1v) is 12.3. The number of phenols is 1. The first-order valence-electron chi connectivity index (χ1n) is 9.63. The van der Waals surface area contributed by atoms with E-state index < -0.39 is 11.9 Å². The number of fused-ring (bicyclic) bond motifs is 1. The van der Waals surface area contributed by atoms with Crippen LogP contribution in [0.15, 0.2) is 35.3 Å². The van der Waals surface area contributed by atoms with Gasteiger partial charge in [0, 0.05) is 10.1 Å². The second-order valence-corrected chi connectivity index (χ2v) is 9.41. The number of terminal acetylenes is 1. The third-order valence-electron chi connectivity index (χ3n) is 4.73. The Labute approximate surface area is 217 Å². The number of para-hydroxylation sites is 2. The van der Waals surface area contributed by atoms with Crippen molar-refractivity contribution < 1.29 is 9.90 Å².